The van der Waals surface area contributed by atoms with Gasteiger partial charge in [0.15, 0.2) is 9.84 Å². The lowest BCUT2D eigenvalue weighted by Gasteiger charge is -2.27. The van der Waals surface area contributed by atoms with Crippen molar-refractivity contribution in [2.75, 3.05) is 18.1 Å². The second-order valence-corrected chi connectivity index (χ2v) is 10.1. The second kappa shape index (κ2) is 8.86. The number of nitrogens with zero attached hydrogens (tertiary/aromatic N) is 1. The largest absolute Gasteiger partial charge is 0.468 e. The third-order valence-electron chi connectivity index (χ3n) is 4.82. The number of hydrogen-bond donors (Lipinski definition) is 1. The van der Waals surface area contributed by atoms with Gasteiger partial charge in [-0.3, -0.25) is 9.69 Å². The maximum Gasteiger partial charge on any atom is 0.234 e. The van der Waals surface area contributed by atoms with E-state index >= 15 is 0 Å². The predicted octanol–water partition coefficient (Wildman–Crippen LogP) is 3.45. The molecule has 0 radical (unpaired) electrons. The van der Waals surface area contributed by atoms with Crippen LogP contribution in [0, 0.1) is 0 Å². The molecule has 0 spiro atoms. The monoisotopic (exact) mass is 444 g/mol. The number of carbonyl (C=O) groups excluding carboxylic acids is 1. The molecule has 2 atom stereocenters. The molecule has 1 aromatic carbocycles. The van der Waals surface area contributed by atoms with Crippen LogP contribution in [0.4, 0.5) is 0 Å². The van der Waals surface area contributed by atoms with Crippen LogP contribution in [-0.2, 0) is 21.2 Å². The first kappa shape index (κ1) is 21.2. The van der Waals surface area contributed by atoms with Crippen LogP contribution in [0.3, 0.4) is 0 Å². The summed E-state index contributed by atoms with van der Waals surface area (Å²) in [5.74, 6) is 0.671. The van der Waals surface area contributed by atoms with Crippen LogP contribution >= 0.6 is 23.2 Å². The maximum atomic E-state index is 12.7. The molecule has 2 heterocycles. The lowest BCUT2D eigenvalue weighted by molar-refractivity contribution is -0.123. The minimum absolute atomic E-state index is 0.0551. The van der Waals surface area contributed by atoms with Crippen molar-refractivity contribution >= 4 is 38.9 Å². The summed E-state index contributed by atoms with van der Waals surface area (Å²) in [5, 5.41) is 3.93. The molecule has 0 bridgehead atoms. The highest BCUT2D eigenvalue weighted by Gasteiger charge is 2.33. The van der Waals surface area contributed by atoms with Gasteiger partial charge < -0.3 is 9.73 Å². The van der Waals surface area contributed by atoms with E-state index in [9.17, 15) is 13.2 Å². The Balaban J connectivity index is 1.68. The smallest absolute Gasteiger partial charge is 0.234 e. The highest BCUT2D eigenvalue weighted by Crippen LogP contribution is 2.26. The quantitative estimate of drug-likeness (QED) is 0.706. The van der Waals surface area contributed by atoms with Gasteiger partial charge in [-0.2, -0.15) is 0 Å². The summed E-state index contributed by atoms with van der Waals surface area (Å²) in [6.45, 7) is 2.27. The van der Waals surface area contributed by atoms with Crippen LogP contribution in [0.15, 0.2) is 41.0 Å². The zero-order chi connectivity index (χ0) is 20.3. The Labute approximate surface area is 174 Å². The van der Waals surface area contributed by atoms with E-state index in [1.807, 2.05) is 17.9 Å². The summed E-state index contributed by atoms with van der Waals surface area (Å²) in [4.78, 5) is 14.5. The van der Waals surface area contributed by atoms with Crippen molar-refractivity contribution in [2.24, 2.45) is 0 Å². The van der Waals surface area contributed by atoms with Gasteiger partial charge in [-0.25, -0.2) is 8.42 Å². The summed E-state index contributed by atoms with van der Waals surface area (Å²) in [6, 6.07) is 8.19. The molecule has 152 valence electrons. The number of benzene rings is 1. The molecule has 6 nitrogen and oxygen atoms in total. The third-order valence-corrected chi connectivity index (χ3v) is 7.13. The molecule has 1 amide bonds. The molecule has 0 saturated carbocycles. The standard InChI is InChI=1S/C19H22Cl2N2O4S/c1-13(17-5-4-14(20)9-18(17)21)22-19(24)11-23(10-16-3-2-7-27-16)15-6-8-28(25,26)12-15/h2-5,7,9,13,15H,6,8,10-12H2,1H3,(H,22,24)/t13-,15+/m0/s1. The maximum absolute atomic E-state index is 12.7. The van der Waals surface area contributed by atoms with Gasteiger partial charge in [-0.15, -0.1) is 0 Å². The topological polar surface area (TPSA) is 79.6 Å². The number of halogens is 2. The summed E-state index contributed by atoms with van der Waals surface area (Å²) in [6.07, 6.45) is 2.07. The number of furan rings is 1. The average molecular weight is 445 g/mol. The zero-order valence-corrected chi connectivity index (χ0v) is 17.7. The van der Waals surface area contributed by atoms with Crippen LogP contribution in [0.1, 0.15) is 30.7 Å². The molecule has 9 heteroatoms. The van der Waals surface area contributed by atoms with Crippen molar-refractivity contribution in [3.8, 4) is 0 Å². The van der Waals surface area contributed by atoms with Crippen LogP contribution in [0.25, 0.3) is 0 Å². The number of amides is 1. The van der Waals surface area contributed by atoms with Crippen LogP contribution in [0.5, 0.6) is 0 Å². The number of nitrogens with one attached hydrogen (secondary N) is 1. The summed E-state index contributed by atoms with van der Waals surface area (Å²) >= 11 is 12.1. The number of carbonyl (C=O) groups is 1. The molecule has 1 aliphatic rings. The van der Waals surface area contributed by atoms with Gasteiger partial charge in [0.05, 0.1) is 36.9 Å². The normalized spacial score (nSPS) is 19.6. The first-order chi connectivity index (χ1) is 13.2. The molecule has 1 fully saturated rings. The van der Waals surface area contributed by atoms with E-state index in [0.717, 1.165) is 5.56 Å². The highest BCUT2D eigenvalue weighted by molar-refractivity contribution is 7.91. The molecule has 3 rings (SSSR count). The van der Waals surface area contributed by atoms with Crippen LogP contribution in [-0.4, -0.2) is 43.3 Å². The van der Waals surface area contributed by atoms with E-state index in [0.29, 0.717) is 28.8 Å². The Morgan fingerprint density at radius 1 is 1.36 bits per heavy atom. The Hall–Kier alpha value is -1.54. The molecule has 1 aromatic heterocycles. The summed E-state index contributed by atoms with van der Waals surface area (Å²) < 4.78 is 29.2. The third kappa shape index (κ3) is 5.50. The Bertz CT molecular complexity index is 931. The van der Waals surface area contributed by atoms with E-state index < -0.39 is 9.84 Å². The van der Waals surface area contributed by atoms with Gasteiger partial charge in [0.2, 0.25) is 5.91 Å². The van der Waals surface area contributed by atoms with Gasteiger partial charge in [0, 0.05) is 16.1 Å². The average Bonchev–Trinajstić information content (AvgIpc) is 3.23. The van der Waals surface area contributed by atoms with Crippen molar-refractivity contribution in [3.63, 3.8) is 0 Å². The number of sulfone groups is 1. The molecule has 2 aromatic rings. The zero-order valence-electron chi connectivity index (χ0n) is 15.4. The van der Waals surface area contributed by atoms with Crippen molar-refractivity contribution < 1.29 is 17.6 Å². The van der Waals surface area contributed by atoms with Gasteiger partial charge >= 0.3 is 0 Å². The molecule has 0 aliphatic carbocycles. The Kier molecular flexibility index (Phi) is 6.70. The van der Waals surface area contributed by atoms with Crippen molar-refractivity contribution in [2.45, 2.75) is 32.0 Å². The van der Waals surface area contributed by atoms with E-state index in [4.69, 9.17) is 27.6 Å². The fourth-order valence-corrected chi connectivity index (χ4v) is 5.72. The van der Waals surface area contributed by atoms with E-state index in [1.54, 1.807) is 30.5 Å². The molecule has 1 N–H and O–H groups in total. The predicted molar refractivity (Wildman–Crippen MR) is 109 cm³/mol. The minimum Gasteiger partial charge on any atom is -0.468 e. The van der Waals surface area contributed by atoms with E-state index in [-0.39, 0.29) is 36.0 Å². The molecular formula is C19H22Cl2N2O4S. The van der Waals surface area contributed by atoms with Crippen molar-refractivity contribution in [1.29, 1.82) is 0 Å². The molecule has 1 aliphatic heterocycles. The van der Waals surface area contributed by atoms with Gasteiger partial charge in [-0.1, -0.05) is 29.3 Å². The van der Waals surface area contributed by atoms with Gasteiger partial charge in [0.1, 0.15) is 5.76 Å². The van der Waals surface area contributed by atoms with Crippen molar-refractivity contribution in [3.05, 3.63) is 58.0 Å². The second-order valence-electron chi connectivity index (χ2n) is 7.00. The first-order valence-corrected chi connectivity index (χ1v) is 11.5. The van der Waals surface area contributed by atoms with Gasteiger partial charge in [-0.05, 0) is 43.2 Å². The lowest BCUT2D eigenvalue weighted by atomic mass is 10.1. The molecule has 0 unspecified atom stereocenters. The summed E-state index contributed by atoms with van der Waals surface area (Å²) in [7, 11) is -3.06. The lowest BCUT2D eigenvalue weighted by Crippen LogP contribution is -2.43. The molecule has 1 saturated heterocycles. The first-order valence-electron chi connectivity index (χ1n) is 8.94. The Morgan fingerprint density at radius 3 is 2.75 bits per heavy atom. The number of hydrogen-bond acceptors (Lipinski definition) is 5. The molecule has 28 heavy (non-hydrogen) atoms. The molecular weight excluding hydrogens is 423 g/mol. The minimum atomic E-state index is -3.06. The fraction of sp³-hybridized carbons (Fsp3) is 0.421. The fourth-order valence-electron chi connectivity index (χ4n) is 3.38. The van der Waals surface area contributed by atoms with E-state index in [1.165, 1.54) is 0 Å². The van der Waals surface area contributed by atoms with Gasteiger partial charge in [0.25, 0.3) is 0 Å². The number of rotatable bonds is 7. The summed E-state index contributed by atoms with van der Waals surface area (Å²) in [5.41, 5.74) is 0.764. The van der Waals surface area contributed by atoms with E-state index in [2.05, 4.69) is 5.32 Å². The SMILES string of the molecule is C[C@H](NC(=O)CN(Cc1ccco1)[C@@H]1CCS(=O)(=O)C1)c1ccc(Cl)cc1Cl. The van der Waals surface area contributed by atoms with Crippen molar-refractivity contribution in [1.82, 2.24) is 10.2 Å². The van der Waals surface area contributed by atoms with Crippen LogP contribution in [0.2, 0.25) is 10.0 Å². The highest BCUT2D eigenvalue weighted by atomic mass is 35.5. The Morgan fingerprint density at radius 2 is 2.14 bits per heavy atom. The van der Waals surface area contributed by atoms with Crippen LogP contribution < -0.4 is 5.32 Å².